The van der Waals surface area contributed by atoms with Crippen molar-refractivity contribution in [1.29, 1.82) is 0 Å². The van der Waals surface area contributed by atoms with Gasteiger partial charge in [-0.05, 0) is 56.7 Å². The van der Waals surface area contributed by atoms with Crippen LogP contribution in [-0.2, 0) is 14.3 Å². The summed E-state index contributed by atoms with van der Waals surface area (Å²) in [4.78, 5) is 15.5. The minimum Gasteiger partial charge on any atom is -0.383 e. The van der Waals surface area contributed by atoms with Crippen LogP contribution >= 0.6 is 0 Å². The SMILES string of the molecule is CC(Nc1ccc2c(c1)/C(=C1\COCCN1)C(=O)N2C1CCOCC1)C1CC1. The van der Waals surface area contributed by atoms with Crippen LogP contribution in [0.5, 0.6) is 0 Å². The van der Waals surface area contributed by atoms with Gasteiger partial charge in [-0.3, -0.25) is 4.79 Å². The van der Waals surface area contributed by atoms with Gasteiger partial charge in [-0.25, -0.2) is 0 Å². The van der Waals surface area contributed by atoms with Gasteiger partial charge in [0.2, 0.25) is 0 Å². The third kappa shape index (κ3) is 3.29. The van der Waals surface area contributed by atoms with Crippen LogP contribution in [0.4, 0.5) is 11.4 Å². The summed E-state index contributed by atoms with van der Waals surface area (Å²) in [7, 11) is 0. The van der Waals surface area contributed by atoms with Crippen LogP contribution in [0.15, 0.2) is 23.9 Å². The molecule has 0 spiro atoms. The van der Waals surface area contributed by atoms with Crippen molar-refractivity contribution in [2.75, 3.05) is 43.2 Å². The van der Waals surface area contributed by atoms with E-state index in [2.05, 4.69) is 35.8 Å². The van der Waals surface area contributed by atoms with Gasteiger partial charge in [0, 0.05) is 43.1 Å². The number of nitrogens with zero attached hydrogens (tertiary/aromatic N) is 1. The number of hydrogen-bond donors (Lipinski definition) is 2. The predicted molar refractivity (Wildman–Crippen MR) is 109 cm³/mol. The first-order valence-electron chi connectivity index (χ1n) is 10.6. The lowest BCUT2D eigenvalue weighted by molar-refractivity contribution is -0.113. The second-order valence-corrected chi connectivity index (χ2v) is 8.35. The molecule has 0 bridgehead atoms. The summed E-state index contributed by atoms with van der Waals surface area (Å²) in [6.45, 7) is 5.58. The van der Waals surface area contributed by atoms with Gasteiger partial charge in [0.1, 0.15) is 0 Å². The minimum absolute atomic E-state index is 0.0993. The van der Waals surface area contributed by atoms with Crippen molar-refractivity contribution in [3.63, 3.8) is 0 Å². The highest BCUT2D eigenvalue weighted by Crippen LogP contribution is 2.43. The van der Waals surface area contributed by atoms with Crippen molar-refractivity contribution in [3.8, 4) is 0 Å². The first-order chi connectivity index (χ1) is 13.7. The van der Waals surface area contributed by atoms with Gasteiger partial charge < -0.3 is 25.0 Å². The van der Waals surface area contributed by atoms with Crippen LogP contribution in [0.2, 0.25) is 0 Å². The van der Waals surface area contributed by atoms with E-state index in [0.29, 0.717) is 19.3 Å². The Labute approximate surface area is 166 Å². The molecule has 1 atom stereocenters. The van der Waals surface area contributed by atoms with Crippen LogP contribution in [-0.4, -0.2) is 51.0 Å². The zero-order chi connectivity index (χ0) is 19.1. The quantitative estimate of drug-likeness (QED) is 0.783. The number of nitrogens with one attached hydrogen (secondary N) is 2. The van der Waals surface area contributed by atoms with Gasteiger partial charge in [-0.1, -0.05) is 0 Å². The number of rotatable bonds is 4. The molecule has 2 N–H and O–H groups in total. The van der Waals surface area contributed by atoms with E-state index in [1.54, 1.807) is 0 Å². The molecule has 6 heteroatoms. The Morgan fingerprint density at radius 1 is 1.14 bits per heavy atom. The molecule has 4 aliphatic rings. The monoisotopic (exact) mass is 383 g/mol. The predicted octanol–water partition coefficient (Wildman–Crippen LogP) is 2.75. The highest BCUT2D eigenvalue weighted by molar-refractivity contribution is 6.33. The lowest BCUT2D eigenvalue weighted by Gasteiger charge is -2.31. The summed E-state index contributed by atoms with van der Waals surface area (Å²) in [5, 5.41) is 7.05. The first-order valence-corrected chi connectivity index (χ1v) is 10.6. The Balaban J connectivity index is 1.53. The van der Waals surface area contributed by atoms with E-state index in [4.69, 9.17) is 9.47 Å². The summed E-state index contributed by atoms with van der Waals surface area (Å²) in [5.41, 5.74) is 4.84. The molecule has 1 saturated carbocycles. The van der Waals surface area contributed by atoms with Crippen molar-refractivity contribution < 1.29 is 14.3 Å². The van der Waals surface area contributed by atoms with E-state index in [1.807, 2.05) is 4.90 Å². The molecule has 3 fully saturated rings. The molecule has 6 nitrogen and oxygen atoms in total. The van der Waals surface area contributed by atoms with Crippen molar-refractivity contribution in [2.24, 2.45) is 5.92 Å². The smallest absolute Gasteiger partial charge is 0.261 e. The average molecular weight is 383 g/mol. The third-order valence-corrected chi connectivity index (χ3v) is 6.37. The lowest BCUT2D eigenvalue weighted by Crippen LogP contribution is -2.42. The molecular formula is C22H29N3O3. The number of carbonyl (C=O) groups excluding carboxylic acids is 1. The highest BCUT2D eigenvalue weighted by Gasteiger charge is 2.40. The van der Waals surface area contributed by atoms with Crippen molar-refractivity contribution in [2.45, 2.75) is 44.7 Å². The number of hydrogen-bond acceptors (Lipinski definition) is 5. The van der Waals surface area contributed by atoms with E-state index in [1.165, 1.54) is 12.8 Å². The number of morpholine rings is 1. The third-order valence-electron chi connectivity index (χ3n) is 6.37. The fourth-order valence-electron chi connectivity index (χ4n) is 4.62. The average Bonchev–Trinajstić information content (AvgIpc) is 3.53. The molecular weight excluding hydrogens is 354 g/mol. The number of fused-ring (bicyclic) bond motifs is 1. The standard InChI is InChI=1S/C22H29N3O3/c1-14(15-2-3-15)24-16-4-5-20-18(12-16)21(19-13-28-11-8-23-19)22(26)25(20)17-6-9-27-10-7-17/h4-5,12,14-15,17,23-24H,2-3,6-11,13H2,1H3/b21-19-. The van der Waals surface area contributed by atoms with Crippen LogP contribution in [0, 0.1) is 5.92 Å². The molecule has 1 amide bonds. The number of benzene rings is 1. The van der Waals surface area contributed by atoms with Crippen LogP contribution < -0.4 is 15.5 Å². The zero-order valence-electron chi connectivity index (χ0n) is 16.5. The second-order valence-electron chi connectivity index (χ2n) is 8.35. The molecule has 1 aliphatic carbocycles. The van der Waals surface area contributed by atoms with Gasteiger partial charge in [0.25, 0.3) is 5.91 Å². The van der Waals surface area contributed by atoms with Gasteiger partial charge in [0.15, 0.2) is 0 Å². The molecule has 28 heavy (non-hydrogen) atoms. The lowest BCUT2D eigenvalue weighted by atomic mass is 10.0. The van der Waals surface area contributed by atoms with Crippen molar-refractivity contribution in [3.05, 3.63) is 29.5 Å². The van der Waals surface area contributed by atoms with Crippen LogP contribution in [0.25, 0.3) is 5.57 Å². The Morgan fingerprint density at radius 3 is 2.68 bits per heavy atom. The summed E-state index contributed by atoms with van der Waals surface area (Å²) in [5.74, 6) is 0.877. The van der Waals surface area contributed by atoms with E-state index < -0.39 is 0 Å². The number of carbonyl (C=O) groups is 1. The summed E-state index contributed by atoms with van der Waals surface area (Å²) < 4.78 is 11.2. The molecule has 2 saturated heterocycles. The van der Waals surface area contributed by atoms with Gasteiger partial charge >= 0.3 is 0 Å². The highest BCUT2D eigenvalue weighted by atomic mass is 16.5. The summed E-state index contributed by atoms with van der Waals surface area (Å²) >= 11 is 0. The van der Waals surface area contributed by atoms with Gasteiger partial charge in [-0.2, -0.15) is 0 Å². The Morgan fingerprint density at radius 2 is 1.96 bits per heavy atom. The minimum atomic E-state index is 0.0993. The molecule has 1 aromatic carbocycles. The maximum absolute atomic E-state index is 13.5. The van der Waals surface area contributed by atoms with Gasteiger partial charge in [0.05, 0.1) is 30.2 Å². The maximum Gasteiger partial charge on any atom is 0.261 e. The van der Waals surface area contributed by atoms with Crippen LogP contribution in [0.1, 0.15) is 38.2 Å². The summed E-state index contributed by atoms with van der Waals surface area (Å²) in [6.07, 6.45) is 4.39. The Kier molecular flexibility index (Phi) is 4.77. The summed E-state index contributed by atoms with van der Waals surface area (Å²) in [6, 6.07) is 7.06. The second kappa shape index (κ2) is 7.41. The normalized spacial score (nSPS) is 26.8. The topological polar surface area (TPSA) is 62.8 Å². The van der Waals surface area contributed by atoms with Gasteiger partial charge in [-0.15, -0.1) is 0 Å². The van der Waals surface area contributed by atoms with Crippen molar-refractivity contribution >= 4 is 22.9 Å². The molecule has 150 valence electrons. The zero-order valence-corrected chi connectivity index (χ0v) is 16.5. The van der Waals surface area contributed by atoms with E-state index in [-0.39, 0.29) is 11.9 Å². The molecule has 0 radical (unpaired) electrons. The Hall–Kier alpha value is -2.05. The van der Waals surface area contributed by atoms with E-state index in [0.717, 1.165) is 66.7 Å². The number of ether oxygens (including phenoxy) is 2. The van der Waals surface area contributed by atoms with Crippen molar-refractivity contribution in [1.82, 2.24) is 5.32 Å². The number of anilines is 2. The van der Waals surface area contributed by atoms with E-state index >= 15 is 0 Å². The molecule has 1 unspecified atom stereocenters. The molecule has 3 aliphatic heterocycles. The largest absolute Gasteiger partial charge is 0.383 e. The number of amides is 1. The molecule has 5 rings (SSSR count). The molecule has 3 heterocycles. The van der Waals surface area contributed by atoms with E-state index in [9.17, 15) is 4.79 Å². The molecule has 1 aromatic rings. The fraction of sp³-hybridized carbons (Fsp3) is 0.591. The Bertz CT molecular complexity index is 788. The first kappa shape index (κ1) is 18.0. The molecule has 0 aromatic heterocycles. The maximum atomic E-state index is 13.5. The fourth-order valence-corrected chi connectivity index (χ4v) is 4.62. The van der Waals surface area contributed by atoms with Crippen LogP contribution in [0.3, 0.4) is 0 Å².